The zero-order chi connectivity index (χ0) is 22.6. The lowest BCUT2D eigenvalue weighted by Gasteiger charge is -2.23. The van der Waals surface area contributed by atoms with Crippen LogP contribution < -0.4 is 19.1 Å². The smallest absolute Gasteiger partial charge is 0.274 e. The Morgan fingerprint density at radius 2 is 1.81 bits per heavy atom. The van der Waals surface area contributed by atoms with Gasteiger partial charge in [-0.3, -0.25) is 9.10 Å². The van der Waals surface area contributed by atoms with Crippen LogP contribution >= 0.6 is 22.9 Å². The average molecular weight is 485 g/mol. The highest BCUT2D eigenvalue weighted by molar-refractivity contribution is 7.94. The number of anilines is 2. The van der Waals surface area contributed by atoms with Crippen LogP contribution in [0.2, 0.25) is 5.02 Å². The van der Waals surface area contributed by atoms with Crippen molar-refractivity contribution in [2.45, 2.75) is 4.21 Å². The van der Waals surface area contributed by atoms with Crippen LogP contribution in [-0.4, -0.2) is 35.1 Å². The van der Waals surface area contributed by atoms with Gasteiger partial charge in [0.25, 0.3) is 10.0 Å². The molecule has 164 valence electrons. The zero-order valence-electron chi connectivity index (χ0n) is 16.5. The Kier molecular flexibility index (Phi) is 7.04. The minimum Gasteiger partial charge on any atom is -0.495 e. The van der Waals surface area contributed by atoms with E-state index in [1.165, 1.54) is 44.6 Å². The molecule has 0 bridgehead atoms. The van der Waals surface area contributed by atoms with Gasteiger partial charge in [0, 0.05) is 12.1 Å². The summed E-state index contributed by atoms with van der Waals surface area (Å²) in [5.41, 5.74) is 0.395. The van der Waals surface area contributed by atoms with Crippen molar-refractivity contribution in [3.05, 3.63) is 64.8 Å². The second-order valence-electron chi connectivity index (χ2n) is 6.16. The first kappa shape index (κ1) is 22.9. The Hall–Kier alpha value is -2.82. The molecule has 1 N–H and O–H groups in total. The number of amides is 1. The number of nitrogens with one attached hydrogen (secondary N) is 1. The third-order valence-corrected chi connectivity index (χ3v) is 7.63. The number of ether oxygens (including phenoxy) is 2. The number of hydrogen-bond acceptors (Lipinski definition) is 6. The first-order valence-electron chi connectivity index (χ1n) is 8.79. The van der Waals surface area contributed by atoms with Gasteiger partial charge in [-0.2, -0.15) is 0 Å². The summed E-state index contributed by atoms with van der Waals surface area (Å²) in [5.74, 6) is -0.597. The van der Waals surface area contributed by atoms with Gasteiger partial charge in [0.05, 0.1) is 30.6 Å². The lowest BCUT2D eigenvalue weighted by molar-refractivity contribution is -0.114. The number of hydrogen-bond donors (Lipinski definition) is 1. The molecule has 1 aromatic heterocycles. The highest BCUT2D eigenvalue weighted by atomic mass is 35.5. The molecule has 0 atom stereocenters. The minimum absolute atomic E-state index is 0.0513. The quantitative estimate of drug-likeness (QED) is 0.512. The topological polar surface area (TPSA) is 84.9 Å². The average Bonchev–Trinajstić information content (AvgIpc) is 3.29. The minimum atomic E-state index is -4.05. The Labute approximate surface area is 188 Å². The summed E-state index contributed by atoms with van der Waals surface area (Å²) in [6.45, 7) is -0.556. The maximum atomic E-state index is 13.4. The standard InChI is InChI=1S/C20H18ClFN2O5S2/c1-28-17-11-16(18(29-2)10-15(17)21)23-19(25)12-24(14-7-5-13(22)6-8-14)31(26,27)20-4-3-9-30-20/h3-11H,12H2,1-2H3,(H,23,25). The fourth-order valence-corrected chi connectivity index (χ4v) is 5.48. The third-order valence-electron chi connectivity index (χ3n) is 4.19. The van der Waals surface area contributed by atoms with Crippen LogP contribution in [-0.2, 0) is 14.8 Å². The summed E-state index contributed by atoms with van der Waals surface area (Å²) in [5, 5.41) is 4.51. The van der Waals surface area contributed by atoms with Gasteiger partial charge < -0.3 is 14.8 Å². The SMILES string of the molecule is COc1cc(NC(=O)CN(c2ccc(F)cc2)S(=O)(=O)c2cccs2)c(OC)cc1Cl. The van der Waals surface area contributed by atoms with Gasteiger partial charge in [0.2, 0.25) is 5.91 Å². The molecular weight excluding hydrogens is 467 g/mol. The molecule has 1 heterocycles. The predicted octanol–water partition coefficient (Wildman–Crippen LogP) is 4.39. The van der Waals surface area contributed by atoms with Crippen LogP contribution in [0.3, 0.4) is 0 Å². The van der Waals surface area contributed by atoms with Crippen LogP contribution in [0.25, 0.3) is 0 Å². The van der Waals surface area contributed by atoms with E-state index in [4.69, 9.17) is 21.1 Å². The summed E-state index contributed by atoms with van der Waals surface area (Å²) >= 11 is 7.09. The number of carbonyl (C=O) groups excluding carboxylic acids is 1. The molecule has 31 heavy (non-hydrogen) atoms. The van der Waals surface area contributed by atoms with Gasteiger partial charge in [-0.1, -0.05) is 17.7 Å². The molecule has 3 rings (SSSR count). The number of benzene rings is 2. The number of thiophene rings is 1. The van der Waals surface area contributed by atoms with E-state index in [0.717, 1.165) is 27.8 Å². The normalized spacial score (nSPS) is 11.1. The van der Waals surface area contributed by atoms with Crippen molar-refractivity contribution in [1.29, 1.82) is 0 Å². The van der Waals surface area contributed by atoms with E-state index in [-0.39, 0.29) is 26.4 Å². The van der Waals surface area contributed by atoms with Crippen molar-refractivity contribution in [3.63, 3.8) is 0 Å². The van der Waals surface area contributed by atoms with Crippen LogP contribution in [0, 0.1) is 5.82 Å². The van der Waals surface area contributed by atoms with Crippen molar-refractivity contribution in [2.24, 2.45) is 0 Å². The van der Waals surface area contributed by atoms with Crippen LogP contribution in [0.1, 0.15) is 0 Å². The number of methoxy groups -OCH3 is 2. The monoisotopic (exact) mass is 484 g/mol. The molecule has 0 aliphatic heterocycles. The lowest BCUT2D eigenvalue weighted by Crippen LogP contribution is -2.37. The highest BCUT2D eigenvalue weighted by Gasteiger charge is 2.28. The third kappa shape index (κ3) is 5.09. The molecule has 0 aliphatic rings. The van der Waals surface area contributed by atoms with E-state index in [1.54, 1.807) is 11.4 Å². The van der Waals surface area contributed by atoms with Crippen LogP contribution in [0.5, 0.6) is 11.5 Å². The van der Waals surface area contributed by atoms with Crippen molar-refractivity contribution < 1.29 is 27.1 Å². The first-order chi connectivity index (χ1) is 14.8. The Morgan fingerprint density at radius 1 is 1.13 bits per heavy atom. The van der Waals surface area contributed by atoms with E-state index in [0.29, 0.717) is 5.75 Å². The van der Waals surface area contributed by atoms with Gasteiger partial charge in [-0.15, -0.1) is 11.3 Å². The molecule has 2 aromatic carbocycles. The molecule has 7 nitrogen and oxygen atoms in total. The number of halogens is 2. The fourth-order valence-electron chi connectivity index (χ4n) is 2.72. The van der Waals surface area contributed by atoms with Gasteiger partial charge in [-0.25, -0.2) is 12.8 Å². The molecular formula is C20H18ClFN2O5S2. The Balaban J connectivity index is 1.93. The molecule has 11 heteroatoms. The zero-order valence-corrected chi connectivity index (χ0v) is 18.9. The molecule has 1 amide bonds. The molecule has 0 unspecified atom stereocenters. The predicted molar refractivity (Wildman–Crippen MR) is 118 cm³/mol. The molecule has 3 aromatic rings. The molecule has 0 spiro atoms. The maximum Gasteiger partial charge on any atom is 0.274 e. The number of sulfonamides is 1. The molecule has 0 aliphatic carbocycles. The molecule has 0 fully saturated rings. The van der Waals surface area contributed by atoms with E-state index in [9.17, 15) is 17.6 Å². The Bertz CT molecular complexity index is 1170. The summed E-state index contributed by atoms with van der Waals surface area (Å²) in [6.07, 6.45) is 0. The van der Waals surface area contributed by atoms with E-state index < -0.39 is 28.3 Å². The second kappa shape index (κ2) is 9.54. The molecule has 0 saturated heterocycles. The van der Waals surface area contributed by atoms with Crippen molar-refractivity contribution >= 4 is 50.2 Å². The number of carbonyl (C=O) groups is 1. The highest BCUT2D eigenvalue weighted by Crippen LogP contribution is 2.36. The molecule has 0 radical (unpaired) electrons. The lowest BCUT2D eigenvalue weighted by atomic mass is 10.2. The van der Waals surface area contributed by atoms with Crippen LogP contribution in [0.4, 0.5) is 15.8 Å². The van der Waals surface area contributed by atoms with Crippen molar-refractivity contribution in [2.75, 3.05) is 30.4 Å². The van der Waals surface area contributed by atoms with Crippen LogP contribution in [0.15, 0.2) is 58.1 Å². The van der Waals surface area contributed by atoms with Gasteiger partial charge in [-0.05, 0) is 35.7 Å². The van der Waals surface area contributed by atoms with Gasteiger partial charge >= 0.3 is 0 Å². The Morgan fingerprint density at radius 3 is 2.39 bits per heavy atom. The second-order valence-corrected chi connectivity index (χ2v) is 9.60. The summed E-state index contributed by atoms with van der Waals surface area (Å²) in [6, 6.07) is 10.8. The van der Waals surface area contributed by atoms with Gasteiger partial charge in [0.1, 0.15) is 28.1 Å². The molecule has 0 saturated carbocycles. The largest absolute Gasteiger partial charge is 0.495 e. The summed E-state index contributed by atoms with van der Waals surface area (Å²) < 4.78 is 51.0. The summed E-state index contributed by atoms with van der Waals surface area (Å²) in [7, 11) is -1.23. The number of rotatable bonds is 8. The summed E-state index contributed by atoms with van der Waals surface area (Å²) in [4.78, 5) is 12.8. The first-order valence-corrected chi connectivity index (χ1v) is 11.5. The van der Waals surface area contributed by atoms with E-state index >= 15 is 0 Å². The van der Waals surface area contributed by atoms with Gasteiger partial charge in [0.15, 0.2) is 0 Å². The maximum absolute atomic E-state index is 13.4. The van der Waals surface area contributed by atoms with E-state index in [1.807, 2.05) is 0 Å². The van der Waals surface area contributed by atoms with Crippen molar-refractivity contribution in [3.8, 4) is 11.5 Å². The van der Waals surface area contributed by atoms with Crippen molar-refractivity contribution in [1.82, 2.24) is 0 Å². The fraction of sp³-hybridized carbons (Fsp3) is 0.150. The number of nitrogens with zero attached hydrogens (tertiary/aromatic N) is 1. The van der Waals surface area contributed by atoms with E-state index in [2.05, 4.69) is 5.32 Å².